The first-order valence-electron chi connectivity index (χ1n) is 10.6. The van der Waals surface area contributed by atoms with Gasteiger partial charge in [0.2, 0.25) is 0 Å². The number of cyclic esters (lactones) is 1. The minimum Gasteiger partial charge on any atom is -0.508 e. The number of amides is 1. The fraction of sp³-hybridized carbons (Fsp3) is 0.435. The zero-order valence-corrected chi connectivity index (χ0v) is 17.6. The van der Waals surface area contributed by atoms with Crippen LogP contribution in [0.1, 0.15) is 35.2 Å². The molecule has 2 heterocycles. The van der Waals surface area contributed by atoms with E-state index in [0.29, 0.717) is 43.0 Å². The van der Waals surface area contributed by atoms with Gasteiger partial charge in [0.1, 0.15) is 5.75 Å². The SMILES string of the molecule is O=C1OCC/C=C/CC/C=C/C(=N/OCC(=O)N2CCNCC2)Cc2cc(O)ccc21. The van der Waals surface area contributed by atoms with Crippen LogP contribution in [0, 0.1) is 0 Å². The molecule has 1 aromatic rings. The summed E-state index contributed by atoms with van der Waals surface area (Å²) in [5, 5.41) is 17.3. The van der Waals surface area contributed by atoms with Gasteiger partial charge in [-0.1, -0.05) is 23.4 Å². The van der Waals surface area contributed by atoms with Crippen LogP contribution in [0.2, 0.25) is 0 Å². The summed E-state index contributed by atoms with van der Waals surface area (Å²) in [5.74, 6) is -0.505. The Morgan fingerprint density at radius 3 is 2.77 bits per heavy atom. The number of hydrogen-bond donors (Lipinski definition) is 2. The molecule has 8 nitrogen and oxygen atoms in total. The van der Waals surface area contributed by atoms with Gasteiger partial charge in [-0.15, -0.1) is 0 Å². The number of nitrogens with one attached hydrogen (secondary N) is 1. The lowest BCUT2D eigenvalue weighted by molar-refractivity contribution is -0.136. The minimum atomic E-state index is -0.446. The number of piperazine rings is 1. The van der Waals surface area contributed by atoms with Crippen LogP contribution >= 0.6 is 0 Å². The number of benzene rings is 1. The quantitative estimate of drug-likeness (QED) is 0.436. The lowest BCUT2D eigenvalue weighted by atomic mass is 10.0. The molecular weight excluding hydrogens is 398 g/mol. The zero-order chi connectivity index (χ0) is 21.9. The van der Waals surface area contributed by atoms with E-state index >= 15 is 0 Å². The molecule has 0 unspecified atom stereocenters. The smallest absolute Gasteiger partial charge is 0.338 e. The summed E-state index contributed by atoms with van der Waals surface area (Å²) >= 11 is 0. The molecule has 1 fully saturated rings. The molecule has 2 aliphatic heterocycles. The van der Waals surface area contributed by atoms with Crippen LogP contribution in [0.3, 0.4) is 0 Å². The summed E-state index contributed by atoms with van der Waals surface area (Å²) in [6.45, 7) is 3.00. The highest BCUT2D eigenvalue weighted by Crippen LogP contribution is 2.19. The van der Waals surface area contributed by atoms with Gasteiger partial charge in [-0.25, -0.2) is 4.79 Å². The number of phenols is 1. The fourth-order valence-corrected chi connectivity index (χ4v) is 3.36. The first-order valence-corrected chi connectivity index (χ1v) is 10.6. The summed E-state index contributed by atoms with van der Waals surface area (Å²) in [5.41, 5.74) is 1.50. The Kier molecular flexibility index (Phi) is 8.66. The Morgan fingerprint density at radius 1 is 1.16 bits per heavy atom. The third kappa shape index (κ3) is 7.25. The minimum absolute atomic E-state index is 0.0498. The number of aromatic hydroxyl groups is 1. The van der Waals surface area contributed by atoms with Crippen molar-refractivity contribution in [3.05, 3.63) is 53.6 Å². The Balaban J connectivity index is 1.75. The number of esters is 1. The number of nitrogens with zero attached hydrogens (tertiary/aromatic N) is 2. The second-order valence-corrected chi connectivity index (χ2v) is 7.38. The molecule has 0 radical (unpaired) electrons. The van der Waals surface area contributed by atoms with Crippen molar-refractivity contribution in [3.8, 4) is 5.75 Å². The van der Waals surface area contributed by atoms with Crippen LogP contribution in [0.15, 0.2) is 47.7 Å². The number of oxime groups is 1. The number of fused-ring (bicyclic) bond motifs is 1. The average Bonchev–Trinajstić information content (AvgIpc) is 2.77. The maximum absolute atomic E-state index is 12.5. The Labute approximate surface area is 182 Å². The molecule has 0 spiro atoms. The molecule has 166 valence electrons. The monoisotopic (exact) mass is 427 g/mol. The first kappa shape index (κ1) is 22.6. The molecule has 0 bridgehead atoms. The van der Waals surface area contributed by atoms with Crippen LogP contribution in [-0.2, 0) is 20.8 Å². The number of hydrogen-bond acceptors (Lipinski definition) is 7. The fourth-order valence-electron chi connectivity index (χ4n) is 3.36. The van der Waals surface area contributed by atoms with Gasteiger partial charge in [-0.05, 0) is 49.1 Å². The van der Waals surface area contributed by atoms with Gasteiger partial charge in [-0.3, -0.25) is 4.79 Å². The van der Waals surface area contributed by atoms with Crippen LogP contribution in [0.25, 0.3) is 0 Å². The molecule has 2 aliphatic rings. The maximum atomic E-state index is 12.5. The zero-order valence-electron chi connectivity index (χ0n) is 17.6. The van der Waals surface area contributed by atoms with Crippen molar-refractivity contribution in [2.24, 2.45) is 5.16 Å². The van der Waals surface area contributed by atoms with E-state index in [1.807, 2.05) is 18.2 Å². The van der Waals surface area contributed by atoms with Crippen molar-refractivity contribution in [1.29, 1.82) is 0 Å². The van der Waals surface area contributed by atoms with Crippen molar-refractivity contribution >= 4 is 17.6 Å². The lowest BCUT2D eigenvalue weighted by Crippen LogP contribution is -2.47. The van der Waals surface area contributed by atoms with E-state index < -0.39 is 5.97 Å². The summed E-state index contributed by atoms with van der Waals surface area (Å²) in [6, 6.07) is 4.53. The van der Waals surface area contributed by atoms with Crippen LogP contribution in [0.4, 0.5) is 0 Å². The molecule has 1 saturated heterocycles. The van der Waals surface area contributed by atoms with Gasteiger partial charge in [0.05, 0.1) is 17.9 Å². The summed E-state index contributed by atoms with van der Waals surface area (Å²) in [7, 11) is 0. The largest absolute Gasteiger partial charge is 0.508 e. The van der Waals surface area contributed by atoms with Crippen molar-refractivity contribution in [2.45, 2.75) is 25.7 Å². The second-order valence-electron chi connectivity index (χ2n) is 7.38. The van der Waals surface area contributed by atoms with E-state index in [1.165, 1.54) is 12.1 Å². The van der Waals surface area contributed by atoms with E-state index in [2.05, 4.69) is 16.5 Å². The predicted octanol–water partition coefficient (Wildman–Crippen LogP) is 2.19. The lowest BCUT2D eigenvalue weighted by Gasteiger charge is -2.26. The standard InChI is InChI=1S/C23H29N3O5/c27-20-8-9-21-18(16-20)15-19(7-5-3-1-2-4-6-14-30-23(21)29)25-31-17-22(28)26-12-10-24-11-13-26/h2,4-5,7-9,16,24,27H,1,3,6,10-15,17H2/b4-2+,7-5+,25-19-. The number of allylic oxidation sites excluding steroid dienone is 3. The molecule has 3 rings (SSSR count). The van der Waals surface area contributed by atoms with E-state index in [1.54, 1.807) is 11.0 Å². The predicted molar refractivity (Wildman–Crippen MR) is 117 cm³/mol. The number of carbonyl (C=O) groups excluding carboxylic acids is 2. The Bertz CT molecular complexity index is 857. The number of ether oxygens (including phenoxy) is 1. The van der Waals surface area contributed by atoms with Gasteiger partial charge in [0.25, 0.3) is 5.91 Å². The third-order valence-corrected chi connectivity index (χ3v) is 5.01. The molecule has 1 aromatic carbocycles. The van der Waals surface area contributed by atoms with Gasteiger partial charge in [-0.2, -0.15) is 0 Å². The summed E-state index contributed by atoms with van der Waals surface area (Å²) < 4.78 is 5.35. The van der Waals surface area contributed by atoms with E-state index in [0.717, 1.165) is 25.9 Å². The van der Waals surface area contributed by atoms with Crippen molar-refractivity contribution < 1.29 is 24.3 Å². The average molecular weight is 428 g/mol. The molecule has 8 heteroatoms. The number of carbonyl (C=O) groups is 2. The van der Waals surface area contributed by atoms with Crippen LogP contribution in [-0.4, -0.2) is 67.0 Å². The molecule has 0 aromatic heterocycles. The molecule has 2 N–H and O–H groups in total. The maximum Gasteiger partial charge on any atom is 0.338 e. The van der Waals surface area contributed by atoms with E-state index in [4.69, 9.17) is 9.57 Å². The molecule has 0 saturated carbocycles. The van der Waals surface area contributed by atoms with Crippen LogP contribution < -0.4 is 5.32 Å². The van der Waals surface area contributed by atoms with Gasteiger partial charge < -0.3 is 24.9 Å². The Morgan fingerprint density at radius 2 is 1.94 bits per heavy atom. The normalized spacial score (nSPS) is 21.5. The molecule has 0 atom stereocenters. The highest BCUT2D eigenvalue weighted by atomic mass is 16.6. The topological polar surface area (TPSA) is 100 Å². The van der Waals surface area contributed by atoms with E-state index in [9.17, 15) is 14.7 Å². The first-order chi connectivity index (χ1) is 15.1. The molecule has 31 heavy (non-hydrogen) atoms. The van der Waals surface area contributed by atoms with Gasteiger partial charge in [0, 0.05) is 32.6 Å². The van der Waals surface area contributed by atoms with Crippen LogP contribution in [0.5, 0.6) is 5.75 Å². The summed E-state index contributed by atoms with van der Waals surface area (Å²) in [6.07, 6.45) is 10.4. The second kappa shape index (κ2) is 11.9. The molecular formula is C23H29N3O5. The van der Waals surface area contributed by atoms with Crippen molar-refractivity contribution in [3.63, 3.8) is 0 Å². The number of phenolic OH excluding ortho intramolecular Hbond substituents is 1. The van der Waals surface area contributed by atoms with Crippen molar-refractivity contribution in [1.82, 2.24) is 10.2 Å². The highest BCUT2D eigenvalue weighted by molar-refractivity contribution is 5.99. The summed E-state index contributed by atoms with van der Waals surface area (Å²) in [4.78, 5) is 31.9. The highest BCUT2D eigenvalue weighted by Gasteiger charge is 2.17. The van der Waals surface area contributed by atoms with Gasteiger partial charge in [0.15, 0.2) is 6.61 Å². The molecule has 1 amide bonds. The Hall–Kier alpha value is -3.13. The van der Waals surface area contributed by atoms with Crippen molar-refractivity contribution in [2.75, 3.05) is 39.4 Å². The van der Waals surface area contributed by atoms with Gasteiger partial charge >= 0.3 is 5.97 Å². The van der Waals surface area contributed by atoms with E-state index in [-0.39, 0.29) is 24.7 Å². The third-order valence-electron chi connectivity index (χ3n) is 5.01. The number of rotatable bonds is 3. The molecule has 0 aliphatic carbocycles.